The van der Waals surface area contributed by atoms with Crippen LogP contribution in [0.25, 0.3) is 0 Å². The van der Waals surface area contributed by atoms with Gasteiger partial charge in [-0.3, -0.25) is 0 Å². The highest BCUT2D eigenvalue weighted by molar-refractivity contribution is 5.67. The molecule has 0 N–H and O–H groups in total. The van der Waals surface area contributed by atoms with E-state index in [1.165, 1.54) is 5.57 Å². The van der Waals surface area contributed by atoms with Crippen LogP contribution < -0.4 is 0 Å². The smallest absolute Gasteiger partial charge is 0.409 e. The minimum absolute atomic E-state index is 0.182. The zero-order chi connectivity index (χ0) is 13.9. The Hall–Kier alpha value is -0.990. The van der Waals surface area contributed by atoms with Gasteiger partial charge in [0.2, 0.25) is 0 Å². The van der Waals surface area contributed by atoms with Crippen LogP contribution in [-0.4, -0.2) is 30.7 Å². The SMILES string of the molecule is CCN(CC)C(=O)OC[C@@H]1[C@@H](C=C(C)C)C1(C)C. The van der Waals surface area contributed by atoms with Gasteiger partial charge < -0.3 is 9.64 Å². The molecule has 18 heavy (non-hydrogen) atoms. The predicted molar refractivity (Wildman–Crippen MR) is 74.5 cm³/mol. The number of hydrogen-bond donors (Lipinski definition) is 0. The van der Waals surface area contributed by atoms with Gasteiger partial charge in [0.15, 0.2) is 0 Å². The van der Waals surface area contributed by atoms with Crippen molar-refractivity contribution in [3.8, 4) is 0 Å². The Morgan fingerprint density at radius 3 is 2.28 bits per heavy atom. The first-order valence-electron chi connectivity index (χ1n) is 6.91. The van der Waals surface area contributed by atoms with Crippen molar-refractivity contribution >= 4 is 6.09 Å². The molecule has 0 radical (unpaired) electrons. The zero-order valence-electron chi connectivity index (χ0n) is 12.6. The van der Waals surface area contributed by atoms with Crippen LogP contribution >= 0.6 is 0 Å². The number of ether oxygens (including phenoxy) is 1. The van der Waals surface area contributed by atoms with Crippen molar-refractivity contribution in [2.45, 2.75) is 41.5 Å². The van der Waals surface area contributed by atoms with E-state index in [1.807, 2.05) is 13.8 Å². The van der Waals surface area contributed by atoms with E-state index in [-0.39, 0.29) is 11.5 Å². The number of amides is 1. The topological polar surface area (TPSA) is 29.5 Å². The molecule has 1 saturated carbocycles. The Labute approximate surface area is 111 Å². The van der Waals surface area contributed by atoms with Crippen LogP contribution in [0.2, 0.25) is 0 Å². The van der Waals surface area contributed by atoms with Crippen molar-refractivity contribution in [3.63, 3.8) is 0 Å². The van der Waals surface area contributed by atoms with Gasteiger partial charge in [-0.05, 0) is 39.0 Å². The summed E-state index contributed by atoms with van der Waals surface area (Å²) >= 11 is 0. The summed E-state index contributed by atoms with van der Waals surface area (Å²) in [5, 5.41) is 0. The van der Waals surface area contributed by atoms with Crippen LogP contribution in [-0.2, 0) is 4.74 Å². The predicted octanol–water partition coefficient (Wildman–Crippen LogP) is 3.70. The summed E-state index contributed by atoms with van der Waals surface area (Å²) in [6, 6.07) is 0. The summed E-state index contributed by atoms with van der Waals surface area (Å²) < 4.78 is 5.42. The van der Waals surface area contributed by atoms with Crippen LogP contribution in [0.1, 0.15) is 41.5 Å². The molecule has 1 fully saturated rings. The molecule has 1 rings (SSSR count). The molecule has 0 saturated heterocycles. The number of carbonyl (C=O) groups is 1. The third kappa shape index (κ3) is 3.27. The molecule has 3 nitrogen and oxygen atoms in total. The molecule has 0 aromatic rings. The summed E-state index contributed by atoms with van der Waals surface area (Å²) in [4.78, 5) is 13.5. The van der Waals surface area contributed by atoms with Crippen molar-refractivity contribution in [2.24, 2.45) is 17.3 Å². The van der Waals surface area contributed by atoms with Crippen molar-refractivity contribution < 1.29 is 9.53 Å². The van der Waals surface area contributed by atoms with Gasteiger partial charge in [0.05, 0.1) is 6.61 Å². The van der Waals surface area contributed by atoms with Gasteiger partial charge in [-0.1, -0.05) is 25.5 Å². The molecule has 0 aliphatic heterocycles. The van der Waals surface area contributed by atoms with Gasteiger partial charge in [0, 0.05) is 19.0 Å². The second-order valence-corrected chi connectivity index (χ2v) is 5.95. The summed E-state index contributed by atoms with van der Waals surface area (Å²) in [7, 11) is 0. The summed E-state index contributed by atoms with van der Waals surface area (Å²) in [6.07, 6.45) is 2.12. The standard InChI is InChI=1S/C15H27NO2/c1-7-16(8-2)14(17)18-10-13-12(9-11(3)4)15(13,5)6/h9,12-13H,7-8,10H2,1-6H3/t12-,13-/m1/s1. The number of allylic oxidation sites excluding steroid dienone is 2. The molecule has 0 aromatic heterocycles. The normalized spacial score (nSPS) is 24.3. The third-order valence-electron chi connectivity index (χ3n) is 4.06. The van der Waals surface area contributed by atoms with E-state index >= 15 is 0 Å². The van der Waals surface area contributed by atoms with Crippen LogP contribution in [0.4, 0.5) is 4.79 Å². The molecular formula is C15H27NO2. The maximum absolute atomic E-state index is 11.8. The first kappa shape index (κ1) is 15.1. The molecule has 0 heterocycles. The maximum Gasteiger partial charge on any atom is 0.409 e. The van der Waals surface area contributed by atoms with Gasteiger partial charge in [-0.15, -0.1) is 0 Å². The van der Waals surface area contributed by atoms with E-state index in [0.717, 1.165) is 0 Å². The van der Waals surface area contributed by atoms with Crippen LogP contribution in [0.3, 0.4) is 0 Å². The Morgan fingerprint density at radius 2 is 1.83 bits per heavy atom. The molecule has 0 bridgehead atoms. The van der Waals surface area contributed by atoms with E-state index < -0.39 is 0 Å². The fraction of sp³-hybridized carbons (Fsp3) is 0.800. The van der Waals surface area contributed by atoms with Crippen LogP contribution in [0.5, 0.6) is 0 Å². The van der Waals surface area contributed by atoms with E-state index in [4.69, 9.17) is 4.74 Å². The maximum atomic E-state index is 11.8. The highest BCUT2D eigenvalue weighted by Crippen LogP contribution is 2.59. The van der Waals surface area contributed by atoms with E-state index in [2.05, 4.69) is 33.8 Å². The van der Waals surface area contributed by atoms with Gasteiger partial charge in [0.25, 0.3) is 0 Å². The quantitative estimate of drug-likeness (QED) is 0.699. The lowest BCUT2D eigenvalue weighted by atomic mass is 10.1. The third-order valence-corrected chi connectivity index (χ3v) is 4.06. The fourth-order valence-corrected chi connectivity index (χ4v) is 2.53. The van der Waals surface area contributed by atoms with Crippen molar-refractivity contribution in [1.82, 2.24) is 4.90 Å². The Balaban J connectivity index is 2.46. The van der Waals surface area contributed by atoms with Crippen LogP contribution in [0, 0.1) is 17.3 Å². The van der Waals surface area contributed by atoms with Gasteiger partial charge >= 0.3 is 6.09 Å². The first-order valence-corrected chi connectivity index (χ1v) is 6.91. The van der Waals surface area contributed by atoms with Gasteiger partial charge in [0.1, 0.15) is 0 Å². The van der Waals surface area contributed by atoms with Gasteiger partial charge in [-0.2, -0.15) is 0 Å². The molecule has 104 valence electrons. The van der Waals surface area contributed by atoms with Crippen LogP contribution in [0.15, 0.2) is 11.6 Å². The lowest BCUT2D eigenvalue weighted by Gasteiger charge is -2.18. The number of carbonyl (C=O) groups excluding carboxylic acids is 1. The highest BCUT2D eigenvalue weighted by atomic mass is 16.6. The van der Waals surface area contributed by atoms with Crippen molar-refractivity contribution in [1.29, 1.82) is 0 Å². The minimum atomic E-state index is -0.182. The number of hydrogen-bond acceptors (Lipinski definition) is 2. The number of rotatable bonds is 5. The van der Waals surface area contributed by atoms with Crippen molar-refractivity contribution in [2.75, 3.05) is 19.7 Å². The summed E-state index contributed by atoms with van der Waals surface area (Å²) in [5.41, 5.74) is 1.60. The average Bonchev–Trinajstić information content (AvgIpc) is 2.78. The minimum Gasteiger partial charge on any atom is -0.449 e. The molecular weight excluding hydrogens is 226 g/mol. The average molecular weight is 253 g/mol. The molecule has 3 heteroatoms. The highest BCUT2D eigenvalue weighted by Gasteiger charge is 2.56. The van der Waals surface area contributed by atoms with E-state index in [9.17, 15) is 4.79 Å². The lowest BCUT2D eigenvalue weighted by molar-refractivity contribution is 0.0981. The van der Waals surface area contributed by atoms with E-state index in [1.54, 1.807) is 4.90 Å². The molecule has 1 amide bonds. The number of nitrogens with zero attached hydrogens (tertiary/aromatic N) is 1. The second-order valence-electron chi connectivity index (χ2n) is 5.95. The molecule has 1 aliphatic carbocycles. The molecule has 0 spiro atoms. The molecule has 0 aromatic carbocycles. The Bertz CT molecular complexity index is 325. The molecule has 2 atom stereocenters. The first-order chi connectivity index (χ1) is 8.34. The largest absolute Gasteiger partial charge is 0.449 e. The summed E-state index contributed by atoms with van der Waals surface area (Å²) in [6.45, 7) is 14.6. The zero-order valence-corrected chi connectivity index (χ0v) is 12.6. The van der Waals surface area contributed by atoms with Gasteiger partial charge in [-0.25, -0.2) is 4.79 Å². The Morgan fingerprint density at radius 1 is 1.28 bits per heavy atom. The second kappa shape index (κ2) is 5.77. The lowest BCUT2D eigenvalue weighted by Crippen LogP contribution is -2.31. The Kier molecular flexibility index (Phi) is 4.83. The molecule has 1 aliphatic rings. The monoisotopic (exact) mass is 253 g/mol. The van der Waals surface area contributed by atoms with E-state index in [0.29, 0.717) is 31.5 Å². The molecule has 0 unspecified atom stereocenters. The summed E-state index contributed by atoms with van der Waals surface area (Å²) in [5.74, 6) is 1.01. The fourth-order valence-electron chi connectivity index (χ4n) is 2.53. The van der Waals surface area contributed by atoms with Crippen molar-refractivity contribution in [3.05, 3.63) is 11.6 Å².